The molecule has 0 unspecified atom stereocenters. The van der Waals surface area contributed by atoms with Crippen molar-refractivity contribution in [2.75, 3.05) is 6.61 Å². The first-order valence-corrected chi connectivity index (χ1v) is 11.1. The van der Waals surface area contributed by atoms with E-state index in [1.807, 2.05) is 0 Å². The van der Waals surface area contributed by atoms with Crippen LogP contribution in [-0.2, 0) is 10.1 Å². The van der Waals surface area contributed by atoms with Crippen LogP contribution in [0.5, 0.6) is 5.75 Å². The van der Waals surface area contributed by atoms with Crippen molar-refractivity contribution in [3.63, 3.8) is 0 Å². The van der Waals surface area contributed by atoms with Gasteiger partial charge in [-0.25, -0.2) is 4.98 Å². The maximum atomic E-state index is 13.4. The van der Waals surface area contributed by atoms with Crippen molar-refractivity contribution in [1.82, 2.24) is 9.88 Å². The van der Waals surface area contributed by atoms with Gasteiger partial charge in [0.1, 0.15) is 5.75 Å². The Hall–Kier alpha value is -3.42. The number of carboxylic acids is 1. The minimum atomic E-state index is -1.72. The number of benzene rings is 1. The van der Waals surface area contributed by atoms with Crippen LogP contribution in [0.3, 0.4) is 0 Å². The number of hydrogen-bond acceptors (Lipinski definition) is 6. The lowest BCUT2D eigenvalue weighted by molar-refractivity contribution is -0.137. The average molecular weight is 460 g/mol. The van der Waals surface area contributed by atoms with Crippen molar-refractivity contribution in [1.29, 1.82) is 0 Å². The van der Waals surface area contributed by atoms with Gasteiger partial charge in [0, 0.05) is 18.0 Å². The van der Waals surface area contributed by atoms with Gasteiger partial charge in [-0.1, -0.05) is 18.2 Å². The van der Waals surface area contributed by atoms with E-state index in [9.17, 15) is 9.59 Å². The molecule has 0 aliphatic heterocycles. The van der Waals surface area contributed by atoms with Crippen LogP contribution in [0, 0.1) is 0 Å². The normalized spacial score (nSPS) is 11.5. The molecule has 0 saturated heterocycles. The van der Waals surface area contributed by atoms with Crippen LogP contribution in [0.25, 0.3) is 11.7 Å². The summed E-state index contributed by atoms with van der Waals surface area (Å²) < 4.78 is 16.8. The van der Waals surface area contributed by atoms with Gasteiger partial charge in [-0.05, 0) is 56.6 Å². The predicted octanol–water partition coefficient (Wildman–Crippen LogP) is 3.96. The molecule has 34 heavy (non-hydrogen) atoms. The first kappa shape index (κ1) is 25.2. The molecule has 0 fully saturated rings. The zero-order valence-electron chi connectivity index (χ0n) is 19.3. The summed E-state index contributed by atoms with van der Waals surface area (Å²) in [5.41, 5.74) is 0.424. The standard InChI is InChI=1S/C24H26B2N2O6/c1-16(2)28(23(31)20-15-27-22(34-20)19-11-8-14-33-19)24(25,26)17-9-5-6-10-18(17)32-13-7-3-4-12-21(29)30/h5-6,8-11,14-16H,3-4,7,12-13H2,1-2H3,(H,29,30). The molecule has 2 heterocycles. The van der Waals surface area contributed by atoms with E-state index in [1.54, 1.807) is 50.2 Å². The largest absolute Gasteiger partial charge is 0.493 e. The number of furan rings is 1. The summed E-state index contributed by atoms with van der Waals surface area (Å²) in [6.07, 6.45) is 4.88. The summed E-state index contributed by atoms with van der Waals surface area (Å²) in [6, 6.07) is 9.96. The molecule has 0 aliphatic carbocycles. The Morgan fingerprint density at radius 3 is 2.59 bits per heavy atom. The summed E-state index contributed by atoms with van der Waals surface area (Å²) in [5, 5.41) is 7.02. The fourth-order valence-electron chi connectivity index (χ4n) is 3.63. The molecule has 0 saturated carbocycles. The topological polar surface area (TPSA) is 106 Å². The predicted molar refractivity (Wildman–Crippen MR) is 127 cm³/mol. The number of carboxylic acid groups (broad SMARTS) is 1. The van der Waals surface area contributed by atoms with Gasteiger partial charge in [0.25, 0.3) is 11.8 Å². The Kier molecular flexibility index (Phi) is 8.26. The van der Waals surface area contributed by atoms with Crippen LogP contribution in [-0.4, -0.2) is 55.2 Å². The third kappa shape index (κ3) is 5.92. The molecule has 2 aromatic heterocycles. The van der Waals surface area contributed by atoms with Crippen LogP contribution in [0.15, 0.2) is 57.7 Å². The maximum absolute atomic E-state index is 13.4. The Morgan fingerprint density at radius 2 is 1.91 bits per heavy atom. The Morgan fingerprint density at radius 1 is 1.15 bits per heavy atom. The molecule has 3 aromatic rings. The lowest BCUT2D eigenvalue weighted by Gasteiger charge is -2.43. The minimum Gasteiger partial charge on any atom is -0.493 e. The minimum absolute atomic E-state index is 0.0304. The highest BCUT2D eigenvalue weighted by Gasteiger charge is 2.37. The van der Waals surface area contributed by atoms with Gasteiger partial charge in [-0.3, -0.25) is 9.59 Å². The number of hydrogen-bond donors (Lipinski definition) is 1. The number of amides is 1. The quantitative estimate of drug-likeness (QED) is 0.322. The number of para-hydroxylation sites is 1. The second-order valence-corrected chi connectivity index (χ2v) is 8.15. The van der Waals surface area contributed by atoms with Gasteiger partial charge < -0.3 is 23.6 Å². The van der Waals surface area contributed by atoms with E-state index < -0.39 is 17.2 Å². The number of aliphatic carboxylic acids is 1. The maximum Gasteiger partial charge on any atom is 0.303 e. The van der Waals surface area contributed by atoms with Gasteiger partial charge in [0.15, 0.2) is 5.76 Å². The zero-order valence-corrected chi connectivity index (χ0v) is 19.3. The summed E-state index contributed by atoms with van der Waals surface area (Å²) in [5.74, 6) is -0.375. The third-order valence-corrected chi connectivity index (χ3v) is 5.19. The fraction of sp³-hybridized carbons (Fsp3) is 0.375. The van der Waals surface area contributed by atoms with Crippen molar-refractivity contribution >= 4 is 27.6 Å². The molecule has 10 heteroatoms. The van der Waals surface area contributed by atoms with Crippen molar-refractivity contribution in [3.8, 4) is 17.4 Å². The van der Waals surface area contributed by atoms with E-state index in [1.165, 1.54) is 17.4 Å². The van der Waals surface area contributed by atoms with E-state index in [-0.39, 0.29) is 24.1 Å². The molecule has 0 bridgehead atoms. The number of rotatable bonds is 12. The van der Waals surface area contributed by atoms with E-state index in [0.29, 0.717) is 42.9 Å². The van der Waals surface area contributed by atoms with Crippen LogP contribution in [0.2, 0.25) is 0 Å². The van der Waals surface area contributed by atoms with E-state index in [4.69, 9.17) is 34.4 Å². The van der Waals surface area contributed by atoms with E-state index >= 15 is 0 Å². The highest BCUT2D eigenvalue weighted by atomic mass is 16.5. The molecule has 4 radical (unpaired) electrons. The van der Waals surface area contributed by atoms with Crippen LogP contribution < -0.4 is 4.74 Å². The molecule has 1 amide bonds. The van der Waals surface area contributed by atoms with Gasteiger partial charge in [-0.15, -0.1) is 0 Å². The zero-order chi connectivity index (χ0) is 24.7. The van der Waals surface area contributed by atoms with Gasteiger partial charge >= 0.3 is 5.97 Å². The molecule has 1 N–H and O–H groups in total. The van der Waals surface area contributed by atoms with Crippen LogP contribution >= 0.6 is 0 Å². The summed E-state index contributed by atoms with van der Waals surface area (Å²) >= 11 is 0. The second-order valence-electron chi connectivity index (χ2n) is 8.15. The van der Waals surface area contributed by atoms with Crippen molar-refractivity contribution in [3.05, 3.63) is 60.2 Å². The number of oxazole rings is 1. The van der Waals surface area contributed by atoms with Gasteiger partial charge in [0.05, 0.1) is 34.8 Å². The molecule has 0 aliphatic rings. The van der Waals surface area contributed by atoms with Crippen LogP contribution in [0.1, 0.15) is 55.6 Å². The molecular weight excluding hydrogens is 434 g/mol. The first-order chi connectivity index (χ1) is 16.2. The number of aromatic nitrogens is 1. The fourth-order valence-corrected chi connectivity index (χ4v) is 3.63. The Balaban J connectivity index is 1.78. The van der Waals surface area contributed by atoms with Crippen molar-refractivity contribution < 1.29 is 28.3 Å². The summed E-state index contributed by atoms with van der Waals surface area (Å²) in [6.45, 7) is 3.95. The lowest BCUT2D eigenvalue weighted by atomic mass is 9.56. The first-order valence-electron chi connectivity index (χ1n) is 11.1. The summed E-state index contributed by atoms with van der Waals surface area (Å²) in [7, 11) is 13.1. The number of unbranched alkanes of at least 4 members (excludes halogenated alkanes) is 2. The van der Waals surface area contributed by atoms with Crippen molar-refractivity contribution in [2.45, 2.75) is 50.9 Å². The molecule has 3 rings (SSSR count). The lowest BCUT2D eigenvalue weighted by Crippen LogP contribution is -2.54. The Bertz CT molecular complexity index is 1090. The molecule has 0 atom stereocenters. The van der Waals surface area contributed by atoms with E-state index in [2.05, 4.69) is 4.98 Å². The summed E-state index contributed by atoms with van der Waals surface area (Å²) in [4.78, 5) is 29.5. The monoisotopic (exact) mass is 460 g/mol. The van der Waals surface area contributed by atoms with E-state index in [0.717, 1.165) is 0 Å². The molecule has 0 spiro atoms. The average Bonchev–Trinajstić information content (AvgIpc) is 3.47. The molecular formula is C24H26B2N2O6. The van der Waals surface area contributed by atoms with Gasteiger partial charge in [0.2, 0.25) is 5.76 Å². The molecule has 174 valence electrons. The molecule has 8 nitrogen and oxygen atoms in total. The number of carbonyl (C=O) groups excluding carboxylic acids is 1. The number of nitrogens with zero attached hydrogens (tertiary/aromatic N) is 2. The van der Waals surface area contributed by atoms with Crippen molar-refractivity contribution in [2.24, 2.45) is 0 Å². The number of carbonyl (C=O) groups is 2. The second kappa shape index (κ2) is 11.1. The number of ether oxygens (including phenoxy) is 1. The van der Waals surface area contributed by atoms with Gasteiger partial charge in [-0.2, -0.15) is 0 Å². The van der Waals surface area contributed by atoms with Crippen LogP contribution in [0.4, 0.5) is 0 Å². The molecule has 1 aromatic carbocycles. The highest BCUT2D eigenvalue weighted by Crippen LogP contribution is 2.33. The third-order valence-electron chi connectivity index (χ3n) is 5.19. The highest BCUT2D eigenvalue weighted by molar-refractivity contribution is 6.41. The smallest absolute Gasteiger partial charge is 0.303 e. The SMILES string of the molecule is [B]C([B])(c1ccccc1OCCCCCC(=O)O)N(C(=O)c1cnc(-c2ccco2)o1)C(C)C. The Labute approximate surface area is 201 Å².